The molecule has 1 saturated heterocycles. The Hall–Kier alpha value is -1.59. The average Bonchev–Trinajstić information content (AvgIpc) is 2.59. The lowest BCUT2D eigenvalue weighted by Crippen LogP contribution is -2.43. The summed E-state index contributed by atoms with van der Waals surface area (Å²) in [6.07, 6.45) is 1.37. The number of likely N-dealkylation sites (tertiary alicyclic amines) is 1. The van der Waals surface area contributed by atoms with Gasteiger partial charge in [-0.2, -0.15) is 0 Å². The maximum atomic E-state index is 11.9. The molecule has 6 heteroatoms. The number of hydrogen-bond acceptors (Lipinski definition) is 4. The molecule has 2 atom stereocenters. The van der Waals surface area contributed by atoms with Gasteiger partial charge in [-0.25, -0.2) is 9.59 Å². The van der Waals surface area contributed by atoms with Crippen LogP contribution in [0.3, 0.4) is 0 Å². The number of amides is 1. The number of carboxylic acid groups (broad SMARTS) is 1. The van der Waals surface area contributed by atoms with Gasteiger partial charge >= 0.3 is 12.1 Å². The van der Waals surface area contributed by atoms with Crippen LogP contribution in [0.1, 0.15) is 34.1 Å². The summed E-state index contributed by atoms with van der Waals surface area (Å²) in [5, 5.41) is 9.12. The Morgan fingerprint density at radius 3 is 2.50 bits per heavy atom. The zero-order chi connectivity index (χ0) is 13.9. The molecule has 0 aromatic carbocycles. The molecule has 18 heavy (non-hydrogen) atoms. The zero-order valence-electron chi connectivity index (χ0n) is 11.2. The molecule has 0 spiro atoms. The molecule has 1 aliphatic rings. The van der Waals surface area contributed by atoms with E-state index < -0.39 is 23.7 Å². The van der Waals surface area contributed by atoms with Crippen LogP contribution in [-0.4, -0.2) is 52.5 Å². The standard InChI is InChI=1S/C12H20N2O4/c1-5-13-8-6-9(10(15)16)14(7-8)11(17)18-12(2,3)4/h5,8-9H,6-7H2,1-4H3,(H,15,16). The summed E-state index contributed by atoms with van der Waals surface area (Å²) in [4.78, 5) is 28.4. The van der Waals surface area contributed by atoms with Crippen molar-refractivity contribution in [2.45, 2.75) is 51.8 Å². The van der Waals surface area contributed by atoms with E-state index in [1.165, 1.54) is 4.90 Å². The minimum absolute atomic E-state index is 0.163. The number of hydrogen-bond donors (Lipinski definition) is 1. The van der Waals surface area contributed by atoms with Crippen molar-refractivity contribution in [1.82, 2.24) is 4.90 Å². The van der Waals surface area contributed by atoms with Crippen LogP contribution in [-0.2, 0) is 9.53 Å². The normalized spacial score (nSPS) is 24.6. The van der Waals surface area contributed by atoms with Crippen LogP contribution < -0.4 is 0 Å². The van der Waals surface area contributed by atoms with Gasteiger partial charge < -0.3 is 9.84 Å². The molecule has 2 unspecified atom stereocenters. The molecular formula is C12H20N2O4. The number of aliphatic imine (C=N–C) groups is 1. The van der Waals surface area contributed by atoms with E-state index in [0.29, 0.717) is 6.42 Å². The maximum Gasteiger partial charge on any atom is 0.411 e. The van der Waals surface area contributed by atoms with Crippen LogP contribution in [0.15, 0.2) is 4.99 Å². The van der Waals surface area contributed by atoms with E-state index in [0.717, 1.165) is 0 Å². The number of carboxylic acids is 1. The lowest BCUT2D eigenvalue weighted by Gasteiger charge is -2.26. The second-order valence-corrected chi connectivity index (χ2v) is 5.28. The number of carbonyl (C=O) groups is 2. The molecule has 1 N–H and O–H groups in total. The largest absolute Gasteiger partial charge is 0.480 e. The molecule has 0 aliphatic carbocycles. The van der Waals surface area contributed by atoms with Gasteiger partial charge in [0.2, 0.25) is 0 Å². The van der Waals surface area contributed by atoms with Crippen LogP contribution in [0.5, 0.6) is 0 Å². The SMILES string of the molecule is CC=NC1CC(C(=O)O)N(C(=O)OC(C)(C)C)C1. The molecular weight excluding hydrogens is 236 g/mol. The van der Waals surface area contributed by atoms with Crippen molar-refractivity contribution < 1.29 is 19.4 Å². The first-order valence-corrected chi connectivity index (χ1v) is 5.95. The first kappa shape index (κ1) is 14.5. The Labute approximate surface area is 107 Å². The van der Waals surface area contributed by atoms with Crippen molar-refractivity contribution in [3.8, 4) is 0 Å². The van der Waals surface area contributed by atoms with Gasteiger partial charge in [0.25, 0.3) is 0 Å². The van der Waals surface area contributed by atoms with Gasteiger partial charge in [-0.05, 0) is 33.9 Å². The first-order valence-electron chi connectivity index (χ1n) is 5.95. The molecule has 0 bridgehead atoms. The number of rotatable bonds is 2. The fourth-order valence-electron chi connectivity index (χ4n) is 1.89. The quantitative estimate of drug-likeness (QED) is 0.760. The Bertz CT molecular complexity index is 360. The van der Waals surface area contributed by atoms with Gasteiger partial charge in [0, 0.05) is 13.0 Å². The summed E-state index contributed by atoms with van der Waals surface area (Å²) < 4.78 is 5.20. The summed E-state index contributed by atoms with van der Waals surface area (Å²) >= 11 is 0. The summed E-state index contributed by atoms with van der Waals surface area (Å²) in [5.74, 6) is -1.02. The number of ether oxygens (including phenoxy) is 1. The molecule has 102 valence electrons. The van der Waals surface area contributed by atoms with Crippen LogP contribution in [0.25, 0.3) is 0 Å². The first-order chi connectivity index (χ1) is 8.24. The predicted octanol–water partition coefficient (Wildman–Crippen LogP) is 1.54. The Balaban J connectivity index is 2.78. The van der Waals surface area contributed by atoms with Gasteiger partial charge in [-0.3, -0.25) is 9.89 Å². The van der Waals surface area contributed by atoms with Crippen molar-refractivity contribution in [2.75, 3.05) is 6.54 Å². The fraction of sp³-hybridized carbons (Fsp3) is 0.750. The molecule has 0 saturated carbocycles. The summed E-state index contributed by atoms with van der Waals surface area (Å²) in [7, 11) is 0. The molecule has 1 rings (SSSR count). The van der Waals surface area contributed by atoms with Crippen molar-refractivity contribution >= 4 is 18.3 Å². The topological polar surface area (TPSA) is 79.2 Å². The van der Waals surface area contributed by atoms with E-state index >= 15 is 0 Å². The Morgan fingerprint density at radius 2 is 2.06 bits per heavy atom. The highest BCUT2D eigenvalue weighted by Gasteiger charge is 2.41. The molecule has 6 nitrogen and oxygen atoms in total. The van der Waals surface area contributed by atoms with Gasteiger partial charge in [-0.15, -0.1) is 0 Å². The van der Waals surface area contributed by atoms with E-state index in [4.69, 9.17) is 9.84 Å². The highest BCUT2D eigenvalue weighted by atomic mass is 16.6. The smallest absolute Gasteiger partial charge is 0.411 e. The zero-order valence-corrected chi connectivity index (χ0v) is 11.2. The van der Waals surface area contributed by atoms with E-state index in [1.807, 2.05) is 0 Å². The van der Waals surface area contributed by atoms with Gasteiger partial charge in [0.1, 0.15) is 11.6 Å². The minimum Gasteiger partial charge on any atom is -0.480 e. The lowest BCUT2D eigenvalue weighted by molar-refractivity contribution is -0.142. The lowest BCUT2D eigenvalue weighted by atomic mass is 10.2. The van der Waals surface area contributed by atoms with E-state index in [9.17, 15) is 9.59 Å². The van der Waals surface area contributed by atoms with Gasteiger partial charge in [0.15, 0.2) is 0 Å². The van der Waals surface area contributed by atoms with Crippen molar-refractivity contribution in [3.05, 3.63) is 0 Å². The van der Waals surface area contributed by atoms with Crippen molar-refractivity contribution in [3.63, 3.8) is 0 Å². The number of aliphatic carboxylic acids is 1. The summed E-state index contributed by atoms with van der Waals surface area (Å²) in [6.45, 7) is 7.30. The third kappa shape index (κ3) is 3.72. The fourth-order valence-corrected chi connectivity index (χ4v) is 1.89. The average molecular weight is 256 g/mol. The maximum absolute atomic E-state index is 11.9. The predicted molar refractivity (Wildman–Crippen MR) is 66.9 cm³/mol. The minimum atomic E-state index is -1.02. The number of carbonyl (C=O) groups excluding carboxylic acids is 1. The van der Waals surface area contributed by atoms with E-state index in [2.05, 4.69) is 4.99 Å². The number of nitrogens with zero attached hydrogens (tertiary/aromatic N) is 2. The molecule has 1 amide bonds. The highest BCUT2D eigenvalue weighted by molar-refractivity contribution is 5.81. The van der Waals surface area contributed by atoms with E-state index in [1.54, 1.807) is 33.9 Å². The van der Waals surface area contributed by atoms with E-state index in [-0.39, 0.29) is 12.6 Å². The summed E-state index contributed by atoms with van der Waals surface area (Å²) in [5.41, 5.74) is -0.633. The Morgan fingerprint density at radius 1 is 1.44 bits per heavy atom. The molecule has 0 aromatic heterocycles. The monoisotopic (exact) mass is 256 g/mol. The van der Waals surface area contributed by atoms with Gasteiger partial charge in [-0.1, -0.05) is 0 Å². The van der Waals surface area contributed by atoms with Crippen molar-refractivity contribution in [2.24, 2.45) is 4.99 Å². The molecule has 0 aromatic rings. The molecule has 1 fully saturated rings. The summed E-state index contributed by atoms with van der Waals surface area (Å²) in [6, 6.07) is -1.02. The van der Waals surface area contributed by atoms with Gasteiger partial charge in [0.05, 0.1) is 6.04 Å². The Kier molecular flexibility index (Phi) is 4.32. The third-order valence-corrected chi connectivity index (χ3v) is 2.55. The van der Waals surface area contributed by atoms with Crippen LogP contribution in [0, 0.1) is 0 Å². The van der Waals surface area contributed by atoms with Crippen LogP contribution in [0.4, 0.5) is 4.79 Å². The third-order valence-electron chi connectivity index (χ3n) is 2.55. The van der Waals surface area contributed by atoms with Crippen LogP contribution in [0.2, 0.25) is 0 Å². The molecule has 1 aliphatic heterocycles. The molecule has 0 radical (unpaired) electrons. The molecule has 1 heterocycles. The second kappa shape index (κ2) is 5.37. The van der Waals surface area contributed by atoms with Crippen LogP contribution >= 0.6 is 0 Å². The highest BCUT2D eigenvalue weighted by Crippen LogP contribution is 2.23. The van der Waals surface area contributed by atoms with Crippen molar-refractivity contribution in [1.29, 1.82) is 0 Å². The second-order valence-electron chi connectivity index (χ2n) is 5.28.